The number of anilines is 1. The van der Waals surface area contributed by atoms with Crippen LogP contribution in [0.2, 0.25) is 0 Å². The first-order valence-corrected chi connectivity index (χ1v) is 8.08. The Morgan fingerprint density at radius 3 is 2.64 bits per heavy atom. The van der Waals surface area contributed by atoms with E-state index in [0.717, 1.165) is 17.1 Å². The molecule has 0 saturated carbocycles. The third kappa shape index (κ3) is 4.07. The van der Waals surface area contributed by atoms with Crippen LogP contribution in [-0.4, -0.2) is 22.7 Å². The quantitative estimate of drug-likeness (QED) is 0.904. The monoisotopic (exact) mass is 322 g/mol. The molecule has 7 heteroatoms. The molecule has 0 aliphatic heterocycles. The van der Waals surface area contributed by atoms with Crippen molar-refractivity contribution >= 4 is 23.1 Å². The molecule has 0 unspecified atom stereocenters. The molecule has 2 N–H and O–H groups in total. The van der Waals surface area contributed by atoms with Crippen molar-refractivity contribution in [3.8, 4) is 0 Å². The molecule has 2 heterocycles. The molecule has 0 fully saturated rings. The molecule has 0 aliphatic carbocycles. The lowest BCUT2D eigenvalue weighted by molar-refractivity contribution is 0.252. The van der Waals surface area contributed by atoms with Gasteiger partial charge < -0.3 is 15.2 Å². The summed E-state index contributed by atoms with van der Waals surface area (Å²) >= 11 is 1.63. The fraction of sp³-hybridized carbons (Fsp3) is 0.533. The Hall–Kier alpha value is -1.89. The number of nitrogens with one attached hydrogen (secondary N) is 2. The first-order chi connectivity index (χ1) is 10.3. The van der Waals surface area contributed by atoms with Gasteiger partial charge >= 0.3 is 6.03 Å². The lowest BCUT2D eigenvalue weighted by Crippen LogP contribution is -2.30. The second kappa shape index (κ2) is 6.48. The predicted molar refractivity (Wildman–Crippen MR) is 87.5 cm³/mol. The Bertz CT molecular complexity index is 635. The molecule has 2 aromatic rings. The fourth-order valence-corrected chi connectivity index (χ4v) is 2.90. The first kappa shape index (κ1) is 16.5. The van der Waals surface area contributed by atoms with Gasteiger partial charge in [-0.2, -0.15) is 0 Å². The topological polar surface area (TPSA) is 80.0 Å². The molecule has 0 aromatic carbocycles. The summed E-state index contributed by atoms with van der Waals surface area (Å²) in [6.45, 7) is 10.5. The van der Waals surface area contributed by atoms with Gasteiger partial charge in [0.05, 0.1) is 10.7 Å². The summed E-state index contributed by atoms with van der Waals surface area (Å²) in [5.41, 5.74) is 2.44. The molecule has 22 heavy (non-hydrogen) atoms. The van der Waals surface area contributed by atoms with Gasteiger partial charge in [-0.25, -0.2) is 9.78 Å². The molecule has 0 bridgehead atoms. The highest BCUT2D eigenvalue weighted by atomic mass is 32.1. The number of nitrogens with zero attached hydrogens (tertiary/aromatic N) is 2. The summed E-state index contributed by atoms with van der Waals surface area (Å²) in [4.78, 5) is 16.5. The van der Waals surface area contributed by atoms with E-state index in [2.05, 4.69) is 46.9 Å². The highest BCUT2D eigenvalue weighted by molar-refractivity contribution is 7.09. The number of hydrogen-bond acceptors (Lipinski definition) is 5. The summed E-state index contributed by atoms with van der Waals surface area (Å²) in [6.07, 6.45) is 0.718. The van der Waals surface area contributed by atoms with E-state index in [1.54, 1.807) is 25.2 Å². The summed E-state index contributed by atoms with van der Waals surface area (Å²) in [5.74, 6) is 0.599. The van der Waals surface area contributed by atoms with Crippen molar-refractivity contribution in [1.29, 1.82) is 0 Å². The van der Waals surface area contributed by atoms with Gasteiger partial charge in [0.25, 0.3) is 0 Å². The Kier molecular flexibility index (Phi) is 4.85. The molecule has 0 atom stereocenters. The number of rotatable bonds is 4. The van der Waals surface area contributed by atoms with E-state index in [1.165, 1.54) is 0 Å². The maximum absolute atomic E-state index is 11.9. The van der Waals surface area contributed by atoms with Crippen LogP contribution in [0.3, 0.4) is 0 Å². The predicted octanol–water partition coefficient (Wildman–Crippen LogP) is 3.41. The van der Waals surface area contributed by atoms with Crippen molar-refractivity contribution in [3.63, 3.8) is 0 Å². The highest BCUT2D eigenvalue weighted by Gasteiger charge is 2.17. The van der Waals surface area contributed by atoms with Crippen LogP contribution in [0.5, 0.6) is 0 Å². The Balaban J connectivity index is 1.81. The number of thiazole rings is 1. The lowest BCUT2D eigenvalue weighted by Gasteiger charge is -2.14. The minimum absolute atomic E-state index is 0.0584. The van der Waals surface area contributed by atoms with E-state index >= 15 is 0 Å². The highest BCUT2D eigenvalue weighted by Crippen LogP contribution is 2.24. The van der Waals surface area contributed by atoms with Gasteiger partial charge in [-0.3, -0.25) is 0 Å². The van der Waals surface area contributed by atoms with Gasteiger partial charge in [-0.05, 0) is 13.8 Å². The maximum atomic E-state index is 11.9. The average Bonchev–Trinajstić information content (AvgIpc) is 3.00. The number of hydrogen-bond donors (Lipinski definition) is 2. The van der Waals surface area contributed by atoms with Crippen LogP contribution in [0.15, 0.2) is 9.90 Å². The molecule has 0 spiro atoms. The molecular weight excluding hydrogens is 300 g/mol. The summed E-state index contributed by atoms with van der Waals surface area (Å²) in [6, 6.07) is -0.262. The van der Waals surface area contributed by atoms with Crippen molar-refractivity contribution in [2.45, 2.75) is 46.5 Å². The lowest BCUT2D eigenvalue weighted by atomic mass is 9.93. The molecule has 2 rings (SSSR count). The van der Waals surface area contributed by atoms with Crippen LogP contribution < -0.4 is 10.6 Å². The SMILES string of the molecule is Cc1noc(C)c1NC(=O)NCCc1nc(C(C)(C)C)cs1. The van der Waals surface area contributed by atoms with E-state index in [1.807, 2.05) is 0 Å². The van der Waals surface area contributed by atoms with Gasteiger partial charge in [0, 0.05) is 23.8 Å². The average molecular weight is 322 g/mol. The number of urea groups is 1. The zero-order valence-electron chi connectivity index (χ0n) is 13.6. The molecule has 6 nitrogen and oxygen atoms in total. The second-order valence-corrected chi connectivity index (χ2v) is 7.15. The van der Waals surface area contributed by atoms with Crippen molar-refractivity contribution in [1.82, 2.24) is 15.5 Å². The molecule has 0 saturated heterocycles. The van der Waals surface area contributed by atoms with E-state index in [0.29, 0.717) is 23.7 Å². The zero-order chi connectivity index (χ0) is 16.3. The molecule has 0 radical (unpaired) electrons. The minimum Gasteiger partial charge on any atom is -0.359 e. The number of amides is 2. The second-order valence-electron chi connectivity index (χ2n) is 6.21. The van der Waals surface area contributed by atoms with Crippen LogP contribution in [-0.2, 0) is 11.8 Å². The normalized spacial score (nSPS) is 11.5. The van der Waals surface area contributed by atoms with E-state index < -0.39 is 0 Å². The maximum Gasteiger partial charge on any atom is 0.319 e. The van der Waals surface area contributed by atoms with Gasteiger partial charge in [0.15, 0.2) is 5.76 Å². The molecule has 0 aliphatic rings. The molecule has 120 valence electrons. The van der Waals surface area contributed by atoms with E-state index in [-0.39, 0.29) is 11.4 Å². The van der Waals surface area contributed by atoms with Gasteiger partial charge in [-0.15, -0.1) is 11.3 Å². The standard InChI is InChI=1S/C15H22N4O2S/c1-9-13(10(2)21-19-9)18-14(20)16-7-6-12-17-11(8-22-12)15(3,4)5/h8H,6-7H2,1-5H3,(H2,16,18,20). The third-order valence-corrected chi connectivity index (χ3v) is 4.13. The number of aromatic nitrogens is 2. The summed E-state index contributed by atoms with van der Waals surface area (Å²) in [7, 11) is 0. The van der Waals surface area contributed by atoms with Crippen LogP contribution in [0, 0.1) is 13.8 Å². The van der Waals surface area contributed by atoms with Crippen LogP contribution in [0.4, 0.5) is 10.5 Å². The minimum atomic E-state index is -0.262. The van der Waals surface area contributed by atoms with Crippen molar-refractivity contribution in [2.24, 2.45) is 0 Å². The van der Waals surface area contributed by atoms with Crippen molar-refractivity contribution < 1.29 is 9.32 Å². The molecule has 2 amide bonds. The Morgan fingerprint density at radius 1 is 1.36 bits per heavy atom. The van der Waals surface area contributed by atoms with Crippen LogP contribution in [0.1, 0.15) is 42.9 Å². The number of carbonyl (C=O) groups is 1. The molecular formula is C15H22N4O2S. The summed E-state index contributed by atoms with van der Waals surface area (Å²) < 4.78 is 5.00. The molecule has 2 aromatic heterocycles. The largest absolute Gasteiger partial charge is 0.359 e. The van der Waals surface area contributed by atoms with Crippen LogP contribution in [0.25, 0.3) is 0 Å². The smallest absolute Gasteiger partial charge is 0.319 e. The van der Waals surface area contributed by atoms with E-state index in [4.69, 9.17) is 4.52 Å². The zero-order valence-corrected chi connectivity index (χ0v) is 14.4. The van der Waals surface area contributed by atoms with Crippen LogP contribution >= 0.6 is 11.3 Å². The number of carbonyl (C=O) groups excluding carboxylic acids is 1. The fourth-order valence-electron chi connectivity index (χ4n) is 1.87. The third-order valence-electron chi connectivity index (χ3n) is 3.22. The van der Waals surface area contributed by atoms with Gasteiger partial charge in [-0.1, -0.05) is 25.9 Å². The Labute approximate surface area is 134 Å². The van der Waals surface area contributed by atoms with E-state index in [9.17, 15) is 4.79 Å². The Morgan fingerprint density at radius 2 is 2.09 bits per heavy atom. The van der Waals surface area contributed by atoms with Gasteiger partial charge in [0.2, 0.25) is 0 Å². The van der Waals surface area contributed by atoms with Crippen molar-refractivity contribution in [2.75, 3.05) is 11.9 Å². The number of aryl methyl sites for hydroxylation is 2. The first-order valence-electron chi connectivity index (χ1n) is 7.20. The van der Waals surface area contributed by atoms with Gasteiger partial charge in [0.1, 0.15) is 11.4 Å². The summed E-state index contributed by atoms with van der Waals surface area (Å²) in [5, 5.41) is 12.5. The van der Waals surface area contributed by atoms with Crippen molar-refractivity contribution in [3.05, 3.63) is 27.5 Å².